The molecule has 0 aromatic carbocycles. The molecule has 0 bridgehead atoms. The molecule has 14 heavy (non-hydrogen) atoms. The summed E-state index contributed by atoms with van der Waals surface area (Å²) >= 11 is 1.75. The van der Waals surface area contributed by atoms with Crippen LogP contribution in [-0.4, -0.2) is 33.4 Å². The molecule has 0 amide bonds. The fourth-order valence-corrected chi connectivity index (χ4v) is 2.42. The average Bonchev–Trinajstić information content (AvgIpc) is 2.15. The predicted molar refractivity (Wildman–Crippen MR) is 61.4 cm³/mol. The van der Waals surface area contributed by atoms with E-state index in [-0.39, 0.29) is 17.5 Å². The number of rotatable bonds is 5. The van der Waals surface area contributed by atoms with E-state index >= 15 is 0 Å². The SMILES string of the molecule is CC(O)CCCSC1C=CC=CC1O. The minimum absolute atomic E-state index is 0.189. The first-order valence-electron chi connectivity index (χ1n) is 5.03. The van der Waals surface area contributed by atoms with Gasteiger partial charge in [0.25, 0.3) is 0 Å². The van der Waals surface area contributed by atoms with E-state index in [0.717, 1.165) is 18.6 Å². The molecular weight excluding hydrogens is 196 g/mol. The number of hydrogen-bond donors (Lipinski definition) is 2. The maximum absolute atomic E-state index is 9.57. The lowest BCUT2D eigenvalue weighted by Gasteiger charge is -2.18. The Balaban J connectivity index is 2.12. The van der Waals surface area contributed by atoms with Crippen molar-refractivity contribution in [2.75, 3.05) is 5.75 Å². The van der Waals surface area contributed by atoms with Crippen LogP contribution in [0.15, 0.2) is 24.3 Å². The van der Waals surface area contributed by atoms with E-state index in [4.69, 9.17) is 5.11 Å². The van der Waals surface area contributed by atoms with Crippen molar-refractivity contribution in [2.45, 2.75) is 37.2 Å². The Bertz CT molecular complexity index is 211. The van der Waals surface area contributed by atoms with Crippen molar-refractivity contribution in [1.29, 1.82) is 0 Å². The van der Waals surface area contributed by atoms with Crippen LogP contribution >= 0.6 is 11.8 Å². The van der Waals surface area contributed by atoms with Gasteiger partial charge in [-0.2, -0.15) is 11.8 Å². The molecule has 3 atom stereocenters. The van der Waals surface area contributed by atoms with Crippen molar-refractivity contribution in [3.63, 3.8) is 0 Å². The molecule has 2 nitrogen and oxygen atoms in total. The van der Waals surface area contributed by atoms with Crippen LogP contribution in [0.2, 0.25) is 0 Å². The van der Waals surface area contributed by atoms with Gasteiger partial charge in [-0.1, -0.05) is 24.3 Å². The Morgan fingerprint density at radius 2 is 2.07 bits per heavy atom. The van der Waals surface area contributed by atoms with E-state index < -0.39 is 0 Å². The number of allylic oxidation sites excluding steroid dienone is 2. The molecule has 0 fully saturated rings. The molecule has 1 aliphatic rings. The van der Waals surface area contributed by atoms with Crippen LogP contribution in [0.5, 0.6) is 0 Å². The summed E-state index contributed by atoms with van der Waals surface area (Å²) in [5, 5.41) is 18.8. The van der Waals surface area contributed by atoms with Gasteiger partial charge in [0.15, 0.2) is 0 Å². The fourth-order valence-electron chi connectivity index (χ4n) is 1.33. The van der Waals surface area contributed by atoms with Crippen LogP contribution in [0.25, 0.3) is 0 Å². The predicted octanol–water partition coefficient (Wildman–Crippen LogP) is 1.74. The summed E-state index contributed by atoms with van der Waals surface area (Å²) in [6, 6.07) is 0. The first-order chi connectivity index (χ1) is 6.70. The van der Waals surface area contributed by atoms with Gasteiger partial charge >= 0.3 is 0 Å². The summed E-state index contributed by atoms with van der Waals surface area (Å²) in [6.45, 7) is 1.81. The normalized spacial score (nSPS) is 27.9. The Labute approximate surface area is 89.7 Å². The van der Waals surface area contributed by atoms with Gasteiger partial charge in [0.05, 0.1) is 17.5 Å². The smallest absolute Gasteiger partial charge is 0.0877 e. The molecule has 0 aromatic rings. The monoisotopic (exact) mass is 214 g/mol. The molecule has 1 rings (SSSR count). The third-order valence-electron chi connectivity index (χ3n) is 2.13. The van der Waals surface area contributed by atoms with Gasteiger partial charge in [-0.3, -0.25) is 0 Å². The molecule has 3 unspecified atom stereocenters. The third-order valence-corrected chi connectivity index (χ3v) is 3.48. The summed E-state index contributed by atoms with van der Waals surface area (Å²) in [4.78, 5) is 0. The van der Waals surface area contributed by atoms with Crippen LogP contribution in [-0.2, 0) is 0 Å². The molecule has 0 saturated carbocycles. The maximum Gasteiger partial charge on any atom is 0.0877 e. The third kappa shape index (κ3) is 4.31. The van der Waals surface area contributed by atoms with E-state index in [1.165, 1.54) is 0 Å². The summed E-state index contributed by atoms with van der Waals surface area (Å²) in [6.07, 6.45) is 8.97. The maximum atomic E-state index is 9.57. The lowest BCUT2D eigenvalue weighted by molar-refractivity contribution is 0.184. The zero-order valence-electron chi connectivity index (χ0n) is 8.47. The van der Waals surface area contributed by atoms with E-state index in [9.17, 15) is 5.11 Å². The summed E-state index contributed by atoms with van der Waals surface area (Å²) < 4.78 is 0. The highest BCUT2D eigenvalue weighted by molar-refractivity contribution is 8.00. The highest BCUT2D eigenvalue weighted by atomic mass is 32.2. The summed E-state index contributed by atoms with van der Waals surface area (Å²) in [5.74, 6) is 0.991. The molecule has 1 aliphatic carbocycles. The van der Waals surface area contributed by atoms with Gasteiger partial charge in [-0.15, -0.1) is 0 Å². The molecular formula is C11H18O2S. The van der Waals surface area contributed by atoms with Crippen molar-refractivity contribution >= 4 is 11.8 Å². The van der Waals surface area contributed by atoms with Crippen LogP contribution in [0.1, 0.15) is 19.8 Å². The van der Waals surface area contributed by atoms with E-state index in [1.807, 2.05) is 31.2 Å². The topological polar surface area (TPSA) is 40.5 Å². The average molecular weight is 214 g/mol. The molecule has 80 valence electrons. The Morgan fingerprint density at radius 3 is 2.71 bits per heavy atom. The number of thioether (sulfide) groups is 1. The first kappa shape index (κ1) is 11.8. The molecule has 0 aliphatic heterocycles. The quantitative estimate of drug-likeness (QED) is 0.685. The second kappa shape index (κ2) is 6.27. The number of aliphatic hydroxyl groups excluding tert-OH is 2. The van der Waals surface area contributed by atoms with Crippen molar-refractivity contribution in [3.8, 4) is 0 Å². The lowest BCUT2D eigenvalue weighted by atomic mass is 10.1. The van der Waals surface area contributed by atoms with E-state index in [2.05, 4.69) is 0 Å². The standard InChI is InChI=1S/C11H18O2S/c1-9(12)5-4-8-14-11-7-3-2-6-10(11)13/h2-3,6-7,9-13H,4-5,8H2,1H3. The van der Waals surface area contributed by atoms with Crippen LogP contribution < -0.4 is 0 Å². The van der Waals surface area contributed by atoms with Crippen LogP contribution in [0, 0.1) is 0 Å². The lowest BCUT2D eigenvalue weighted by Crippen LogP contribution is -2.20. The number of hydrogen-bond acceptors (Lipinski definition) is 3. The zero-order chi connectivity index (χ0) is 10.4. The number of aliphatic hydroxyl groups is 2. The van der Waals surface area contributed by atoms with Gasteiger partial charge in [0.1, 0.15) is 0 Å². The molecule has 0 aromatic heterocycles. The van der Waals surface area contributed by atoms with Gasteiger partial charge in [0, 0.05) is 0 Å². The molecule has 0 spiro atoms. The second-order valence-electron chi connectivity index (χ2n) is 3.59. The molecule has 3 heteroatoms. The Kier molecular flexibility index (Phi) is 5.30. The fraction of sp³-hybridized carbons (Fsp3) is 0.636. The summed E-state index contributed by atoms with van der Waals surface area (Å²) in [5.41, 5.74) is 0. The molecule has 0 saturated heterocycles. The largest absolute Gasteiger partial charge is 0.393 e. The van der Waals surface area contributed by atoms with Gasteiger partial charge in [-0.05, 0) is 25.5 Å². The highest BCUT2D eigenvalue weighted by Crippen LogP contribution is 2.21. The van der Waals surface area contributed by atoms with Crippen molar-refractivity contribution in [3.05, 3.63) is 24.3 Å². The van der Waals surface area contributed by atoms with E-state index in [0.29, 0.717) is 0 Å². The van der Waals surface area contributed by atoms with Gasteiger partial charge < -0.3 is 10.2 Å². The summed E-state index contributed by atoms with van der Waals surface area (Å²) in [7, 11) is 0. The minimum Gasteiger partial charge on any atom is -0.393 e. The van der Waals surface area contributed by atoms with Gasteiger partial charge in [0.2, 0.25) is 0 Å². The molecule has 2 N–H and O–H groups in total. The first-order valence-corrected chi connectivity index (χ1v) is 6.08. The van der Waals surface area contributed by atoms with Crippen LogP contribution in [0.3, 0.4) is 0 Å². The molecule has 0 radical (unpaired) electrons. The highest BCUT2D eigenvalue weighted by Gasteiger charge is 2.15. The Morgan fingerprint density at radius 1 is 1.36 bits per heavy atom. The minimum atomic E-state index is -0.350. The van der Waals surface area contributed by atoms with Crippen molar-refractivity contribution in [1.82, 2.24) is 0 Å². The van der Waals surface area contributed by atoms with Gasteiger partial charge in [-0.25, -0.2) is 0 Å². The zero-order valence-corrected chi connectivity index (χ0v) is 9.28. The van der Waals surface area contributed by atoms with Crippen LogP contribution in [0.4, 0.5) is 0 Å². The van der Waals surface area contributed by atoms with E-state index in [1.54, 1.807) is 11.8 Å². The van der Waals surface area contributed by atoms with Crippen molar-refractivity contribution < 1.29 is 10.2 Å². The Hall–Kier alpha value is -0.250. The van der Waals surface area contributed by atoms with Crippen molar-refractivity contribution in [2.24, 2.45) is 0 Å². The molecule has 0 heterocycles. The second-order valence-corrected chi connectivity index (χ2v) is 4.87.